The quantitative estimate of drug-likeness (QED) is 0.0300. The zero-order valence-electron chi connectivity index (χ0n) is 54.0. The molecule has 1 atom stereocenters. The maximum Gasteiger partial charge on any atom is 0.238 e. The van der Waals surface area contributed by atoms with Crippen molar-refractivity contribution < 1.29 is 14.3 Å². The second kappa shape index (κ2) is 47.5. The average molecular weight is 1180 g/mol. The van der Waals surface area contributed by atoms with Crippen LogP contribution < -0.4 is 20.5 Å². The lowest BCUT2D eigenvalue weighted by Crippen LogP contribution is -2.45. The van der Waals surface area contributed by atoms with Gasteiger partial charge in [-0.25, -0.2) is 0 Å². The summed E-state index contributed by atoms with van der Waals surface area (Å²) in [5.74, 6) is 1.91. The van der Waals surface area contributed by atoms with Crippen LogP contribution in [0, 0.1) is 0 Å². The van der Waals surface area contributed by atoms with Crippen molar-refractivity contribution >= 4 is 17.7 Å². The number of unbranched alkanes of at least 4 members (excludes halogenated alkanes) is 38. The molecule has 0 saturated carbocycles. The first-order chi connectivity index (χ1) is 42.0. The van der Waals surface area contributed by atoms with E-state index in [-0.39, 0.29) is 5.91 Å². The molecule has 3 N–H and O–H groups in total. The number of thioether (sulfide) groups is 1. The third kappa shape index (κ3) is 30.3. The molecule has 5 aromatic rings. The van der Waals surface area contributed by atoms with Crippen molar-refractivity contribution in [3.63, 3.8) is 0 Å². The summed E-state index contributed by atoms with van der Waals surface area (Å²) in [6.45, 7) is 6.02. The number of benzene rings is 5. The molecule has 5 nitrogen and oxygen atoms in total. The van der Waals surface area contributed by atoms with Gasteiger partial charge in [0.25, 0.3) is 0 Å². The van der Waals surface area contributed by atoms with E-state index in [1.807, 2.05) is 24.3 Å². The number of amides is 1. The molecule has 0 aliphatic carbocycles. The van der Waals surface area contributed by atoms with E-state index in [1.165, 1.54) is 244 Å². The van der Waals surface area contributed by atoms with Crippen molar-refractivity contribution in [3.8, 4) is 11.5 Å². The Hall–Kier alpha value is -4.52. The van der Waals surface area contributed by atoms with Gasteiger partial charge in [0.2, 0.25) is 5.91 Å². The first-order valence-corrected chi connectivity index (χ1v) is 36.4. The number of carbonyl (C=O) groups excluding carboxylic acids is 1. The summed E-state index contributed by atoms with van der Waals surface area (Å²) in [5, 5.41) is 3.40. The molecule has 470 valence electrons. The van der Waals surface area contributed by atoms with Gasteiger partial charge in [-0.2, -0.15) is 0 Å². The SMILES string of the molecule is CCCCCCCCCCCCCCCCCCCCCCOc1ccc(C(NC(=O)[C@@H](N)CSC(c2ccccc2)(c2ccccc2)c2ccccc2)c2ccc(OCCCCCCCCCCCCCCCCCCCCCC)cc2)cc1. The molecular weight excluding hydrogens is 1060 g/mol. The lowest BCUT2D eigenvalue weighted by Gasteiger charge is -2.36. The van der Waals surface area contributed by atoms with Crippen LogP contribution in [0.15, 0.2) is 140 Å². The lowest BCUT2D eigenvalue weighted by molar-refractivity contribution is -0.122. The predicted molar refractivity (Wildman–Crippen MR) is 370 cm³/mol. The fourth-order valence-electron chi connectivity index (χ4n) is 12.3. The maximum atomic E-state index is 14.5. The molecule has 0 aliphatic heterocycles. The van der Waals surface area contributed by atoms with Crippen LogP contribution in [0.25, 0.3) is 0 Å². The second-order valence-corrected chi connectivity index (χ2v) is 26.1. The highest BCUT2D eigenvalue weighted by Crippen LogP contribution is 2.48. The molecule has 0 aliphatic rings. The molecule has 0 fully saturated rings. The molecule has 0 aromatic heterocycles. The molecule has 0 radical (unpaired) electrons. The molecule has 1 amide bonds. The van der Waals surface area contributed by atoms with Crippen LogP contribution in [-0.2, 0) is 9.54 Å². The van der Waals surface area contributed by atoms with E-state index in [0.717, 1.165) is 52.2 Å². The summed E-state index contributed by atoms with van der Waals surface area (Å²) >= 11 is 1.71. The van der Waals surface area contributed by atoms with Crippen LogP contribution >= 0.6 is 11.8 Å². The predicted octanol–water partition coefficient (Wildman–Crippen LogP) is 23.3. The molecule has 6 heteroatoms. The highest BCUT2D eigenvalue weighted by atomic mass is 32.2. The Morgan fingerprint density at radius 1 is 0.365 bits per heavy atom. The van der Waals surface area contributed by atoms with Gasteiger partial charge in [0.15, 0.2) is 0 Å². The molecule has 0 unspecified atom stereocenters. The molecule has 0 heterocycles. The van der Waals surface area contributed by atoms with Crippen LogP contribution in [0.1, 0.15) is 305 Å². The normalized spacial score (nSPS) is 12.0. The van der Waals surface area contributed by atoms with Gasteiger partial charge in [-0.1, -0.05) is 373 Å². The monoisotopic (exact) mass is 1180 g/mol. The minimum absolute atomic E-state index is 0.194. The topological polar surface area (TPSA) is 73.6 Å². The van der Waals surface area contributed by atoms with Crippen molar-refractivity contribution in [2.45, 2.75) is 288 Å². The number of carbonyl (C=O) groups is 1. The van der Waals surface area contributed by atoms with Crippen molar-refractivity contribution in [1.29, 1.82) is 0 Å². The Morgan fingerprint density at radius 2 is 0.612 bits per heavy atom. The number of nitrogens with two attached hydrogens (primary N) is 1. The number of nitrogens with one attached hydrogen (secondary N) is 1. The van der Waals surface area contributed by atoms with Crippen LogP contribution in [0.3, 0.4) is 0 Å². The summed E-state index contributed by atoms with van der Waals surface area (Å²) in [7, 11) is 0. The van der Waals surface area contributed by atoms with E-state index in [9.17, 15) is 4.79 Å². The standard InChI is InChI=1S/C79H120N2O3S/c1-3-5-7-9-11-13-15-17-19-21-23-25-27-29-31-33-35-37-39-50-66-83-74-62-58-69(59-63-74)77(81-78(82)76(80)68-85-79(71-52-44-41-45-53-71,72-54-46-42-47-55-72)73-56-48-43-49-57-73)70-60-64-75(65-61-70)84-67-51-40-38-36-34-32-30-28-26-24-22-20-18-16-14-12-10-8-6-4-2/h41-49,52-65,76-77H,3-40,50-51,66-68,80H2,1-2H3,(H,81,82)/t76-/m0/s1. The maximum absolute atomic E-state index is 14.5. The smallest absolute Gasteiger partial charge is 0.238 e. The van der Waals surface area contributed by atoms with E-state index in [0.29, 0.717) is 19.0 Å². The van der Waals surface area contributed by atoms with Crippen LogP contribution in [0.5, 0.6) is 11.5 Å². The number of rotatable bonds is 54. The fraction of sp³-hybridized carbons (Fsp3) is 0.608. The molecule has 0 bridgehead atoms. The summed E-state index contributed by atoms with van der Waals surface area (Å²) in [6.07, 6.45) is 55.1. The third-order valence-electron chi connectivity index (χ3n) is 17.6. The Labute approximate surface area is 525 Å². The highest BCUT2D eigenvalue weighted by Gasteiger charge is 2.38. The number of ether oxygens (including phenoxy) is 2. The van der Waals surface area contributed by atoms with Gasteiger partial charge in [0, 0.05) is 5.75 Å². The van der Waals surface area contributed by atoms with Gasteiger partial charge in [-0.05, 0) is 64.9 Å². The Bertz CT molecular complexity index is 2120. The second-order valence-electron chi connectivity index (χ2n) is 24.9. The third-order valence-corrected chi connectivity index (χ3v) is 19.3. The van der Waals surface area contributed by atoms with E-state index in [4.69, 9.17) is 15.2 Å². The van der Waals surface area contributed by atoms with Crippen molar-refractivity contribution in [3.05, 3.63) is 167 Å². The van der Waals surface area contributed by atoms with E-state index >= 15 is 0 Å². The summed E-state index contributed by atoms with van der Waals surface area (Å²) in [4.78, 5) is 14.5. The lowest BCUT2D eigenvalue weighted by atomic mass is 9.84. The van der Waals surface area contributed by atoms with Gasteiger partial charge < -0.3 is 20.5 Å². The average Bonchev–Trinajstić information content (AvgIpc) is 2.44. The molecule has 5 aromatic carbocycles. The first kappa shape index (κ1) is 71.2. The molecule has 0 spiro atoms. The Balaban J connectivity index is 1.05. The zero-order valence-corrected chi connectivity index (χ0v) is 54.9. The van der Waals surface area contributed by atoms with Gasteiger partial charge in [0.1, 0.15) is 11.5 Å². The largest absolute Gasteiger partial charge is 0.494 e. The van der Waals surface area contributed by atoms with Crippen molar-refractivity contribution in [2.75, 3.05) is 19.0 Å². The van der Waals surface area contributed by atoms with Gasteiger partial charge in [-0.15, -0.1) is 11.8 Å². The van der Waals surface area contributed by atoms with E-state index in [1.54, 1.807) is 11.8 Å². The molecule has 5 rings (SSSR count). The van der Waals surface area contributed by atoms with Crippen molar-refractivity contribution in [2.24, 2.45) is 5.73 Å². The first-order valence-electron chi connectivity index (χ1n) is 35.4. The highest BCUT2D eigenvalue weighted by molar-refractivity contribution is 8.00. The van der Waals surface area contributed by atoms with Gasteiger partial charge >= 0.3 is 0 Å². The fourth-order valence-corrected chi connectivity index (χ4v) is 13.8. The van der Waals surface area contributed by atoms with Crippen LogP contribution in [0.2, 0.25) is 0 Å². The van der Waals surface area contributed by atoms with Crippen molar-refractivity contribution in [1.82, 2.24) is 5.32 Å². The molecular formula is C79H120N2O3S. The number of hydrogen-bond acceptors (Lipinski definition) is 5. The van der Waals surface area contributed by atoms with Crippen LogP contribution in [0.4, 0.5) is 0 Å². The summed E-state index contributed by atoms with van der Waals surface area (Å²) in [6, 6.07) is 47.2. The van der Waals surface area contributed by atoms with Crippen LogP contribution in [-0.4, -0.2) is 30.9 Å². The summed E-state index contributed by atoms with van der Waals surface area (Å²) in [5.41, 5.74) is 12.3. The minimum atomic E-state index is -0.777. The van der Waals surface area contributed by atoms with Gasteiger partial charge in [-0.3, -0.25) is 4.79 Å². The van der Waals surface area contributed by atoms with E-state index in [2.05, 4.69) is 134 Å². The number of hydrogen-bond donors (Lipinski definition) is 2. The zero-order chi connectivity index (χ0) is 59.8. The van der Waals surface area contributed by atoms with Gasteiger partial charge in [0.05, 0.1) is 30.0 Å². The summed E-state index contributed by atoms with van der Waals surface area (Å²) < 4.78 is 12.0. The Kier molecular flexibility index (Phi) is 39.8. The van der Waals surface area contributed by atoms with E-state index < -0.39 is 16.8 Å². The minimum Gasteiger partial charge on any atom is -0.494 e. The Morgan fingerprint density at radius 3 is 0.871 bits per heavy atom. The molecule has 85 heavy (non-hydrogen) atoms. The molecule has 0 saturated heterocycles.